The van der Waals surface area contributed by atoms with E-state index in [0.29, 0.717) is 5.69 Å². The summed E-state index contributed by atoms with van der Waals surface area (Å²) in [6, 6.07) is 7.33. The highest BCUT2D eigenvalue weighted by Crippen LogP contribution is 2.34. The molecule has 2 aromatic rings. The summed E-state index contributed by atoms with van der Waals surface area (Å²) < 4.78 is 4.89. The number of hydrogen-bond donors (Lipinski definition) is 2. The van der Waals surface area contributed by atoms with Gasteiger partial charge in [-0.2, -0.15) is 0 Å². The molecule has 1 aromatic carbocycles. The van der Waals surface area contributed by atoms with E-state index in [0.717, 1.165) is 12.0 Å². The van der Waals surface area contributed by atoms with Crippen molar-refractivity contribution in [3.8, 4) is 0 Å². The standard InChI is InChI=1S/C16H14Cl3N3O3/c1-2-8-4-3-5-9(6-8)21-10(23)7-25-16(24)14-11(17)13(20)12(18)15(19)22-14/h3-6H,2,7H2,1H3,(H2,20,22)(H,21,23). The van der Waals surface area contributed by atoms with Crippen molar-refractivity contribution in [2.24, 2.45) is 0 Å². The lowest BCUT2D eigenvalue weighted by Crippen LogP contribution is -2.21. The van der Waals surface area contributed by atoms with Gasteiger partial charge in [-0.3, -0.25) is 4.79 Å². The highest BCUT2D eigenvalue weighted by Gasteiger charge is 2.21. The minimum absolute atomic E-state index is 0.0586. The third kappa shape index (κ3) is 4.75. The van der Waals surface area contributed by atoms with Crippen LogP contribution in [0.3, 0.4) is 0 Å². The van der Waals surface area contributed by atoms with E-state index in [1.807, 2.05) is 25.1 Å². The Morgan fingerprint density at radius 2 is 1.96 bits per heavy atom. The fraction of sp³-hybridized carbons (Fsp3) is 0.188. The molecular weight excluding hydrogens is 389 g/mol. The summed E-state index contributed by atoms with van der Waals surface area (Å²) >= 11 is 17.5. The Morgan fingerprint density at radius 3 is 2.64 bits per heavy atom. The number of pyridine rings is 1. The molecule has 0 aliphatic carbocycles. The van der Waals surface area contributed by atoms with E-state index in [9.17, 15) is 9.59 Å². The summed E-state index contributed by atoms with van der Waals surface area (Å²) in [6.07, 6.45) is 0.835. The predicted octanol–water partition coefficient (Wildman–Crippen LogP) is 3.98. The summed E-state index contributed by atoms with van der Waals surface area (Å²) in [5.41, 5.74) is 6.91. The number of nitrogens with one attached hydrogen (secondary N) is 1. The molecule has 0 atom stereocenters. The average molecular weight is 403 g/mol. The lowest BCUT2D eigenvalue weighted by molar-refractivity contribution is -0.119. The van der Waals surface area contributed by atoms with Gasteiger partial charge in [0.15, 0.2) is 17.5 Å². The van der Waals surface area contributed by atoms with Gasteiger partial charge < -0.3 is 15.8 Å². The molecule has 1 heterocycles. The molecule has 0 aliphatic rings. The summed E-state index contributed by atoms with van der Waals surface area (Å²) in [5.74, 6) is -1.45. The van der Waals surface area contributed by atoms with Gasteiger partial charge >= 0.3 is 5.97 Å². The molecule has 0 aliphatic heterocycles. The molecule has 0 fully saturated rings. The zero-order chi connectivity index (χ0) is 18.6. The molecular formula is C16H14Cl3N3O3. The van der Waals surface area contributed by atoms with Crippen molar-refractivity contribution in [3.05, 3.63) is 50.7 Å². The number of carbonyl (C=O) groups is 2. The van der Waals surface area contributed by atoms with E-state index < -0.39 is 18.5 Å². The maximum Gasteiger partial charge on any atom is 0.359 e. The van der Waals surface area contributed by atoms with Crippen LogP contribution in [0.4, 0.5) is 11.4 Å². The lowest BCUT2D eigenvalue weighted by atomic mass is 10.1. The Labute approximate surface area is 159 Å². The molecule has 0 bridgehead atoms. The zero-order valence-electron chi connectivity index (χ0n) is 13.1. The summed E-state index contributed by atoms with van der Waals surface area (Å²) in [5, 5.41) is 2.20. The Hall–Kier alpha value is -2.02. The van der Waals surface area contributed by atoms with Crippen molar-refractivity contribution in [2.75, 3.05) is 17.7 Å². The summed E-state index contributed by atoms with van der Waals surface area (Å²) in [7, 11) is 0. The van der Waals surface area contributed by atoms with Crippen molar-refractivity contribution < 1.29 is 14.3 Å². The molecule has 25 heavy (non-hydrogen) atoms. The molecule has 0 saturated heterocycles. The fourth-order valence-electron chi connectivity index (χ4n) is 1.93. The summed E-state index contributed by atoms with van der Waals surface area (Å²) in [6.45, 7) is 1.48. The van der Waals surface area contributed by atoms with Crippen molar-refractivity contribution in [1.29, 1.82) is 0 Å². The van der Waals surface area contributed by atoms with Crippen LogP contribution in [0.5, 0.6) is 0 Å². The monoisotopic (exact) mass is 401 g/mol. The normalized spacial score (nSPS) is 10.4. The van der Waals surface area contributed by atoms with Crippen LogP contribution in [0.1, 0.15) is 23.0 Å². The van der Waals surface area contributed by atoms with E-state index in [1.54, 1.807) is 6.07 Å². The van der Waals surface area contributed by atoms with Gasteiger partial charge in [-0.25, -0.2) is 9.78 Å². The largest absolute Gasteiger partial charge is 0.451 e. The van der Waals surface area contributed by atoms with Gasteiger partial charge in [-0.05, 0) is 24.1 Å². The van der Waals surface area contributed by atoms with Crippen LogP contribution in [0.2, 0.25) is 15.2 Å². The molecule has 132 valence electrons. The van der Waals surface area contributed by atoms with Crippen LogP contribution in [-0.4, -0.2) is 23.5 Å². The van der Waals surface area contributed by atoms with Crippen LogP contribution >= 0.6 is 34.8 Å². The second-order valence-electron chi connectivity index (χ2n) is 4.97. The summed E-state index contributed by atoms with van der Waals surface area (Å²) in [4.78, 5) is 27.7. The third-order valence-electron chi connectivity index (χ3n) is 3.22. The van der Waals surface area contributed by atoms with Gasteiger partial charge in [0.1, 0.15) is 5.02 Å². The van der Waals surface area contributed by atoms with E-state index in [2.05, 4.69) is 10.3 Å². The van der Waals surface area contributed by atoms with Crippen molar-refractivity contribution in [3.63, 3.8) is 0 Å². The van der Waals surface area contributed by atoms with Crippen LogP contribution in [0.15, 0.2) is 24.3 Å². The van der Waals surface area contributed by atoms with Gasteiger partial charge in [0.2, 0.25) is 0 Å². The Morgan fingerprint density at radius 1 is 1.24 bits per heavy atom. The predicted molar refractivity (Wildman–Crippen MR) is 98.4 cm³/mol. The number of anilines is 2. The highest BCUT2D eigenvalue weighted by molar-refractivity contribution is 6.46. The second-order valence-corrected chi connectivity index (χ2v) is 6.09. The number of halogens is 3. The molecule has 0 spiro atoms. The van der Waals surface area contributed by atoms with E-state index in [4.69, 9.17) is 45.3 Å². The van der Waals surface area contributed by atoms with Crippen LogP contribution in [-0.2, 0) is 16.0 Å². The molecule has 9 heteroatoms. The number of rotatable bonds is 5. The van der Waals surface area contributed by atoms with Gasteiger partial charge in [-0.1, -0.05) is 53.9 Å². The fourth-order valence-corrected chi connectivity index (χ4v) is 2.52. The molecule has 0 radical (unpaired) electrons. The van der Waals surface area contributed by atoms with Crippen LogP contribution in [0.25, 0.3) is 0 Å². The Balaban J connectivity index is 2.01. The maximum atomic E-state index is 12.0. The lowest BCUT2D eigenvalue weighted by Gasteiger charge is -2.10. The van der Waals surface area contributed by atoms with Crippen molar-refractivity contribution >= 4 is 58.1 Å². The number of esters is 1. The SMILES string of the molecule is CCc1cccc(NC(=O)COC(=O)c2nc(Cl)c(Cl)c(N)c2Cl)c1. The number of ether oxygens (including phenoxy) is 1. The van der Waals surface area contributed by atoms with Crippen molar-refractivity contribution in [1.82, 2.24) is 4.98 Å². The molecule has 1 aromatic heterocycles. The van der Waals surface area contributed by atoms with Gasteiger partial charge in [0.05, 0.1) is 10.7 Å². The molecule has 1 amide bonds. The Bertz CT molecular complexity index is 828. The van der Waals surface area contributed by atoms with E-state index >= 15 is 0 Å². The minimum Gasteiger partial charge on any atom is -0.451 e. The minimum atomic E-state index is -0.937. The van der Waals surface area contributed by atoms with Gasteiger partial charge in [0.25, 0.3) is 5.91 Å². The van der Waals surface area contributed by atoms with Gasteiger partial charge in [0, 0.05) is 5.69 Å². The highest BCUT2D eigenvalue weighted by atomic mass is 35.5. The molecule has 2 rings (SSSR count). The first kappa shape index (κ1) is 19.3. The smallest absolute Gasteiger partial charge is 0.359 e. The van der Waals surface area contributed by atoms with E-state index in [1.165, 1.54) is 0 Å². The maximum absolute atomic E-state index is 12.0. The number of aryl methyl sites for hydroxylation is 1. The molecule has 3 N–H and O–H groups in total. The first-order valence-electron chi connectivity index (χ1n) is 7.19. The first-order chi connectivity index (χ1) is 11.8. The third-order valence-corrected chi connectivity index (χ3v) is 4.35. The molecule has 0 saturated carbocycles. The quantitative estimate of drug-likeness (QED) is 0.582. The number of amides is 1. The molecule has 0 unspecified atom stereocenters. The number of nitrogens with zero attached hydrogens (tertiary/aromatic N) is 1. The second kappa shape index (κ2) is 8.38. The average Bonchev–Trinajstić information content (AvgIpc) is 2.61. The number of nitrogens with two attached hydrogens (primary N) is 1. The van der Waals surface area contributed by atoms with Crippen molar-refractivity contribution in [2.45, 2.75) is 13.3 Å². The van der Waals surface area contributed by atoms with Crippen LogP contribution < -0.4 is 11.1 Å². The number of benzene rings is 1. The molecule has 6 nitrogen and oxygen atoms in total. The van der Waals surface area contributed by atoms with Gasteiger partial charge in [-0.15, -0.1) is 0 Å². The van der Waals surface area contributed by atoms with Crippen LogP contribution in [0, 0.1) is 0 Å². The zero-order valence-corrected chi connectivity index (χ0v) is 15.4. The number of aromatic nitrogens is 1. The number of nitrogen functional groups attached to an aromatic ring is 1. The number of carbonyl (C=O) groups excluding carboxylic acids is 2. The first-order valence-corrected chi connectivity index (χ1v) is 8.32. The topological polar surface area (TPSA) is 94.3 Å². The number of hydrogen-bond acceptors (Lipinski definition) is 5. The van der Waals surface area contributed by atoms with E-state index in [-0.39, 0.29) is 26.6 Å². The Kier molecular flexibility index (Phi) is 6.47.